The van der Waals surface area contributed by atoms with Crippen LogP contribution in [0.4, 0.5) is 28.0 Å². The average molecular weight is 534 g/mol. The number of anilines is 1. The van der Waals surface area contributed by atoms with Gasteiger partial charge in [0.25, 0.3) is 0 Å². The second kappa shape index (κ2) is 11.5. The molecule has 0 aromatic heterocycles. The minimum Gasteiger partial charge on any atom is -0.317 e. The summed E-state index contributed by atoms with van der Waals surface area (Å²) in [5.74, 6) is -1.07. The van der Waals surface area contributed by atoms with Crippen LogP contribution >= 0.6 is 11.6 Å². The van der Waals surface area contributed by atoms with E-state index in [1.165, 1.54) is 0 Å². The van der Waals surface area contributed by atoms with E-state index in [2.05, 4.69) is 17.1 Å². The number of amides is 2. The van der Waals surface area contributed by atoms with E-state index in [1.54, 1.807) is 4.90 Å². The molecule has 0 spiro atoms. The third-order valence-corrected chi connectivity index (χ3v) is 7.02. The zero-order valence-corrected chi connectivity index (χ0v) is 21.1. The molecule has 1 aliphatic rings. The molecule has 0 bridgehead atoms. The molecule has 3 aromatic carbocycles. The molecule has 1 heterocycles. The number of piperidine rings is 1. The predicted octanol–water partition coefficient (Wildman–Crippen LogP) is 7.76. The normalized spacial score (nSPS) is 15.8. The molecule has 1 fully saturated rings. The summed E-state index contributed by atoms with van der Waals surface area (Å²) in [5.41, 5.74) is 0.657. The van der Waals surface area contributed by atoms with Crippen molar-refractivity contribution in [3.8, 4) is 0 Å². The zero-order valence-electron chi connectivity index (χ0n) is 20.3. The number of halogens is 5. The highest BCUT2D eigenvalue weighted by atomic mass is 35.5. The molecule has 1 saturated heterocycles. The quantitative estimate of drug-likeness (QED) is 0.329. The molecule has 1 N–H and O–H groups in total. The number of urea groups is 1. The summed E-state index contributed by atoms with van der Waals surface area (Å²) in [4.78, 5) is 17.3. The van der Waals surface area contributed by atoms with E-state index in [9.17, 15) is 22.4 Å². The second-order valence-corrected chi connectivity index (χ2v) is 9.70. The van der Waals surface area contributed by atoms with Crippen LogP contribution in [0, 0.1) is 5.82 Å². The molecule has 0 saturated carbocycles. The minimum absolute atomic E-state index is 0.135. The highest BCUT2D eigenvalue weighted by Gasteiger charge is 2.33. The van der Waals surface area contributed by atoms with E-state index in [0.717, 1.165) is 36.3 Å². The number of alkyl halides is 3. The highest BCUT2D eigenvalue weighted by Crippen LogP contribution is 2.32. The van der Waals surface area contributed by atoms with E-state index in [1.807, 2.05) is 54.6 Å². The predicted molar refractivity (Wildman–Crippen MR) is 137 cm³/mol. The molecule has 1 unspecified atom stereocenters. The summed E-state index contributed by atoms with van der Waals surface area (Å²) in [6, 6.07) is 18.6. The number of carbonyl (C=O) groups excluding carboxylic acids is 1. The van der Waals surface area contributed by atoms with Crippen molar-refractivity contribution < 1.29 is 22.4 Å². The third kappa shape index (κ3) is 7.02. The van der Waals surface area contributed by atoms with E-state index in [0.29, 0.717) is 23.9 Å². The number of benzene rings is 3. The summed E-state index contributed by atoms with van der Waals surface area (Å²) in [7, 11) is 0. The molecule has 4 nitrogen and oxygen atoms in total. The largest absolute Gasteiger partial charge is 0.416 e. The Bertz CT molecular complexity index is 1200. The van der Waals surface area contributed by atoms with E-state index in [-0.39, 0.29) is 24.3 Å². The number of carbonyl (C=O) groups is 1. The first kappa shape index (κ1) is 26.9. The summed E-state index contributed by atoms with van der Waals surface area (Å²) in [5, 5.41) is 3.18. The maximum absolute atomic E-state index is 13.9. The van der Waals surface area contributed by atoms with E-state index in [4.69, 9.17) is 11.6 Å². The summed E-state index contributed by atoms with van der Waals surface area (Å²) in [6.45, 7) is 3.89. The summed E-state index contributed by atoms with van der Waals surface area (Å²) in [6.07, 6.45) is -3.34. The van der Waals surface area contributed by atoms with Gasteiger partial charge in [-0.1, -0.05) is 54.1 Å². The number of hydrogen-bond acceptors (Lipinski definition) is 2. The number of nitrogens with zero attached hydrogens (tertiary/aromatic N) is 2. The SMILES string of the molecule is CC(c1ccc(Cl)cc1)N1CCC(N(Cc2ccccc2)C(=O)Nc2cc(F)cc(C(F)(F)F)c2)CC1. The second-order valence-electron chi connectivity index (χ2n) is 9.26. The van der Waals surface area contributed by atoms with Crippen LogP contribution in [0.2, 0.25) is 5.02 Å². The fraction of sp³-hybridized carbons (Fsp3) is 0.321. The van der Waals surface area contributed by atoms with Crippen molar-refractivity contribution >= 4 is 23.3 Å². The van der Waals surface area contributed by atoms with Gasteiger partial charge in [0.2, 0.25) is 0 Å². The lowest BCUT2D eigenvalue weighted by atomic mass is 9.98. The Kier molecular flexibility index (Phi) is 8.39. The van der Waals surface area contributed by atoms with Gasteiger partial charge in [0.1, 0.15) is 5.82 Å². The van der Waals surface area contributed by atoms with Crippen LogP contribution in [0.15, 0.2) is 72.8 Å². The van der Waals surface area contributed by atoms with Crippen molar-refractivity contribution in [2.45, 2.75) is 44.6 Å². The Morgan fingerprint density at radius 2 is 1.70 bits per heavy atom. The Morgan fingerprint density at radius 1 is 1.05 bits per heavy atom. The fourth-order valence-corrected chi connectivity index (χ4v) is 4.83. The molecule has 0 radical (unpaired) electrons. The lowest BCUT2D eigenvalue weighted by Crippen LogP contribution is -2.48. The van der Waals surface area contributed by atoms with Gasteiger partial charge in [-0.2, -0.15) is 13.2 Å². The van der Waals surface area contributed by atoms with Crippen LogP contribution in [0.25, 0.3) is 0 Å². The summed E-state index contributed by atoms with van der Waals surface area (Å²) < 4.78 is 53.4. The van der Waals surface area contributed by atoms with Crippen LogP contribution in [0.1, 0.15) is 42.5 Å². The van der Waals surface area contributed by atoms with Gasteiger partial charge >= 0.3 is 12.2 Å². The van der Waals surface area contributed by atoms with Gasteiger partial charge < -0.3 is 10.2 Å². The van der Waals surface area contributed by atoms with Crippen molar-refractivity contribution in [1.82, 2.24) is 9.80 Å². The molecule has 9 heteroatoms. The zero-order chi connectivity index (χ0) is 26.6. The van der Waals surface area contributed by atoms with Gasteiger partial charge in [-0.25, -0.2) is 9.18 Å². The Morgan fingerprint density at radius 3 is 2.32 bits per heavy atom. The van der Waals surface area contributed by atoms with E-state index >= 15 is 0 Å². The highest BCUT2D eigenvalue weighted by molar-refractivity contribution is 6.30. The topological polar surface area (TPSA) is 35.6 Å². The maximum atomic E-state index is 13.9. The van der Waals surface area contributed by atoms with Crippen molar-refractivity contribution in [1.29, 1.82) is 0 Å². The van der Waals surface area contributed by atoms with Crippen LogP contribution in [-0.2, 0) is 12.7 Å². The van der Waals surface area contributed by atoms with Crippen LogP contribution in [-0.4, -0.2) is 35.0 Å². The molecular weight excluding hydrogens is 506 g/mol. The lowest BCUT2D eigenvalue weighted by molar-refractivity contribution is -0.137. The summed E-state index contributed by atoms with van der Waals surface area (Å²) >= 11 is 6.02. The first-order chi connectivity index (χ1) is 17.6. The molecule has 1 aliphatic heterocycles. The monoisotopic (exact) mass is 533 g/mol. The molecule has 37 heavy (non-hydrogen) atoms. The molecule has 0 aliphatic carbocycles. The van der Waals surface area contributed by atoms with Crippen LogP contribution in [0.5, 0.6) is 0 Å². The standard InChI is InChI=1S/C28H28ClF4N3O/c1-19(21-7-9-23(29)10-8-21)35-13-11-26(12-14-35)36(18-20-5-3-2-4-6-20)27(37)34-25-16-22(28(31,32)33)15-24(30)17-25/h2-10,15-17,19,26H,11-14,18H2,1H3,(H,34,37). The van der Waals surface area contributed by atoms with Gasteiger partial charge in [-0.05, 0) is 61.2 Å². The first-order valence-corrected chi connectivity index (χ1v) is 12.5. The molecule has 196 valence electrons. The van der Waals surface area contributed by atoms with Crippen molar-refractivity contribution in [3.05, 3.63) is 100 Å². The molecule has 2 amide bonds. The van der Waals surface area contributed by atoms with E-state index < -0.39 is 23.6 Å². The first-order valence-electron chi connectivity index (χ1n) is 12.1. The van der Waals surface area contributed by atoms with Crippen molar-refractivity contribution in [2.75, 3.05) is 18.4 Å². The van der Waals surface area contributed by atoms with Crippen molar-refractivity contribution in [3.63, 3.8) is 0 Å². The lowest BCUT2D eigenvalue weighted by Gasteiger charge is -2.41. The number of nitrogens with one attached hydrogen (secondary N) is 1. The Hall–Kier alpha value is -3.10. The molecule has 3 aromatic rings. The van der Waals surface area contributed by atoms with Gasteiger partial charge in [-0.15, -0.1) is 0 Å². The molecule has 4 rings (SSSR count). The van der Waals surface area contributed by atoms with Gasteiger partial charge in [0, 0.05) is 42.4 Å². The number of likely N-dealkylation sites (tertiary alicyclic amines) is 1. The smallest absolute Gasteiger partial charge is 0.317 e. The van der Waals surface area contributed by atoms with Crippen LogP contribution in [0.3, 0.4) is 0 Å². The Labute approximate surface area is 218 Å². The van der Waals surface area contributed by atoms with Gasteiger partial charge in [-0.3, -0.25) is 4.90 Å². The number of rotatable bonds is 6. The fourth-order valence-electron chi connectivity index (χ4n) is 4.70. The van der Waals surface area contributed by atoms with Crippen LogP contribution < -0.4 is 5.32 Å². The Balaban J connectivity index is 1.49. The maximum Gasteiger partial charge on any atom is 0.416 e. The minimum atomic E-state index is -4.72. The average Bonchev–Trinajstić information content (AvgIpc) is 2.87. The van der Waals surface area contributed by atoms with Crippen molar-refractivity contribution in [2.24, 2.45) is 0 Å². The molecule has 1 atom stereocenters. The number of hydrogen-bond donors (Lipinski definition) is 1. The molecular formula is C28H28ClF4N3O. The third-order valence-electron chi connectivity index (χ3n) is 6.77. The van der Waals surface area contributed by atoms with Gasteiger partial charge in [0.15, 0.2) is 0 Å². The van der Waals surface area contributed by atoms with Gasteiger partial charge in [0.05, 0.1) is 5.56 Å².